The highest BCUT2D eigenvalue weighted by atomic mass is 79.9. The molecule has 61 heavy (non-hydrogen) atoms. The Morgan fingerprint density at radius 1 is 0.311 bits per heavy atom. The lowest BCUT2D eigenvalue weighted by molar-refractivity contribution is 0.466. The molecule has 0 fully saturated rings. The standard InChI is InChI=1S/C15H12Br4O2.C15H14Br2O2.C15H12Cl4O2/c1-15(2,7-3-9(16)13(20)10(17)4-7)8-5-11(18)14(21)12(19)6-8;1-15(2,9-3-5-13(18)11(16)7-9)10-4-6-14(19)12(17)8-10;1-15(2,7-3-9(16)13(20)10(17)4-7)8-5-11(18)14(21)12(19)6-8/h3-6,20-21H,1-2H3;3-8,18-19H,1-2H3;3-6,20-21H,1-2H3. The number of aromatic hydroxyl groups is 6. The van der Waals surface area contributed by atoms with Gasteiger partial charge in [-0.05, 0) is 202 Å². The lowest BCUT2D eigenvalue weighted by Gasteiger charge is -2.27. The summed E-state index contributed by atoms with van der Waals surface area (Å²) in [5, 5.41) is 58.8. The summed E-state index contributed by atoms with van der Waals surface area (Å²) in [5.41, 5.74) is 4.73. The molecule has 6 aromatic rings. The zero-order chi connectivity index (χ0) is 46.1. The summed E-state index contributed by atoms with van der Waals surface area (Å²) in [6.45, 7) is 12.2. The molecule has 0 atom stereocenters. The van der Waals surface area contributed by atoms with Gasteiger partial charge in [0.1, 0.15) is 23.0 Å². The Morgan fingerprint density at radius 2 is 0.525 bits per heavy atom. The van der Waals surface area contributed by atoms with Crippen molar-refractivity contribution >= 4 is 142 Å². The third-order valence-electron chi connectivity index (χ3n) is 10.3. The van der Waals surface area contributed by atoms with Gasteiger partial charge < -0.3 is 30.6 Å². The molecule has 0 unspecified atom stereocenters. The van der Waals surface area contributed by atoms with Crippen molar-refractivity contribution in [1.29, 1.82) is 0 Å². The van der Waals surface area contributed by atoms with Gasteiger partial charge in [-0.15, -0.1) is 0 Å². The molecule has 6 N–H and O–H groups in total. The molecule has 0 spiro atoms. The van der Waals surface area contributed by atoms with E-state index in [9.17, 15) is 30.6 Å². The van der Waals surface area contributed by atoms with E-state index in [4.69, 9.17) is 46.4 Å². The molecule has 0 aromatic heterocycles. The molecular weight excluding hydrogens is 1260 g/mol. The van der Waals surface area contributed by atoms with Crippen LogP contribution < -0.4 is 0 Å². The summed E-state index contributed by atoms with van der Waals surface area (Å²) in [7, 11) is 0. The summed E-state index contributed by atoms with van der Waals surface area (Å²) >= 11 is 44.0. The highest BCUT2D eigenvalue weighted by Crippen LogP contribution is 2.45. The molecule has 0 heterocycles. The van der Waals surface area contributed by atoms with Crippen LogP contribution in [0.2, 0.25) is 20.1 Å². The van der Waals surface area contributed by atoms with E-state index in [1.807, 2.05) is 62.4 Å². The first-order valence-electron chi connectivity index (χ1n) is 17.8. The number of halogens is 10. The predicted octanol–water partition coefficient (Wildman–Crippen LogP) is 17.5. The van der Waals surface area contributed by atoms with Gasteiger partial charge in [0.25, 0.3) is 0 Å². The van der Waals surface area contributed by atoms with E-state index in [0.717, 1.165) is 33.4 Å². The van der Waals surface area contributed by atoms with Crippen molar-refractivity contribution in [3.63, 3.8) is 0 Å². The minimum absolute atomic E-state index is 0.153. The molecule has 0 saturated heterocycles. The number of phenolic OH excluding ortho intramolecular Hbond substituents is 6. The van der Waals surface area contributed by atoms with Gasteiger partial charge in [-0.1, -0.05) is 100 Å². The van der Waals surface area contributed by atoms with Crippen molar-refractivity contribution in [3.8, 4) is 34.5 Å². The van der Waals surface area contributed by atoms with Gasteiger partial charge in [-0.3, -0.25) is 0 Å². The minimum Gasteiger partial charge on any atom is -0.507 e. The molecular formula is C45H38Br6Cl4O6. The van der Waals surface area contributed by atoms with Gasteiger partial charge in [0.15, 0.2) is 11.5 Å². The van der Waals surface area contributed by atoms with Crippen molar-refractivity contribution in [1.82, 2.24) is 0 Å². The van der Waals surface area contributed by atoms with Crippen LogP contribution >= 0.6 is 142 Å². The second-order valence-corrected chi connectivity index (χ2v) is 22.1. The molecule has 0 saturated carbocycles. The molecule has 0 radical (unpaired) electrons. The Balaban J connectivity index is 0.000000202. The molecule has 0 aliphatic rings. The first-order valence-corrected chi connectivity index (χ1v) is 24.1. The fourth-order valence-corrected chi connectivity index (χ4v) is 10.1. The van der Waals surface area contributed by atoms with Gasteiger partial charge in [0.05, 0.1) is 46.9 Å². The summed E-state index contributed by atoms with van der Waals surface area (Å²) in [5.74, 6) is 0.516. The smallest absolute Gasteiger partial charge is 0.152 e. The summed E-state index contributed by atoms with van der Waals surface area (Å²) in [6, 6.07) is 25.1. The van der Waals surface area contributed by atoms with Crippen molar-refractivity contribution in [2.24, 2.45) is 0 Å². The fourth-order valence-electron chi connectivity index (χ4n) is 6.00. The van der Waals surface area contributed by atoms with E-state index < -0.39 is 5.41 Å². The van der Waals surface area contributed by atoms with Crippen LogP contribution in [0.4, 0.5) is 0 Å². The summed E-state index contributed by atoms with van der Waals surface area (Å²) < 4.78 is 3.90. The van der Waals surface area contributed by atoms with E-state index in [1.165, 1.54) is 0 Å². The van der Waals surface area contributed by atoms with Gasteiger partial charge in [-0.2, -0.15) is 0 Å². The second-order valence-electron chi connectivity index (χ2n) is 15.4. The molecule has 6 nitrogen and oxygen atoms in total. The molecule has 324 valence electrons. The van der Waals surface area contributed by atoms with Crippen molar-refractivity contribution in [3.05, 3.63) is 165 Å². The Morgan fingerprint density at radius 3 is 0.770 bits per heavy atom. The predicted molar refractivity (Wildman–Crippen MR) is 271 cm³/mol. The fraction of sp³-hybridized carbons (Fsp3) is 0.200. The van der Waals surface area contributed by atoms with Crippen LogP contribution in [0.15, 0.2) is 112 Å². The molecule has 0 amide bonds. The third kappa shape index (κ3) is 11.9. The van der Waals surface area contributed by atoms with Crippen LogP contribution in [0.3, 0.4) is 0 Å². The minimum atomic E-state index is -0.526. The van der Waals surface area contributed by atoms with Crippen LogP contribution in [-0.2, 0) is 16.2 Å². The Hall–Kier alpha value is -1.84. The average molecular weight is 1300 g/mol. The molecule has 0 aliphatic heterocycles. The normalized spacial score (nSPS) is 11.7. The third-order valence-corrected chi connectivity index (χ3v) is 15.1. The van der Waals surface area contributed by atoms with Crippen LogP contribution in [0.1, 0.15) is 74.9 Å². The van der Waals surface area contributed by atoms with Crippen molar-refractivity contribution < 1.29 is 30.6 Å². The van der Waals surface area contributed by atoms with E-state index in [0.29, 0.717) is 26.8 Å². The lowest BCUT2D eigenvalue weighted by Crippen LogP contribution is -2.19. The van der Waals surface area contributed by atoms with Crippen LogP contribution in [0.25, 0.3) is 0 Å². The number of benzene rings is 6. The van der Waals surface area contributed by atoms with Crippen LogP contribution in [-0.4, -0.2) is 30.6 Å². The van der Waals surface area contributed by atoms with E-state index >= 15 is 0 Å². The Kier molecular flexibility index (Phi) is 17.4. The number of hydrogen-bond acceptors (Lipinski definition) is 6. The van der Waals surface area contributed by atoms with E-state index in [-0.39, 0.29) is 65.4 Å². The molecule has 6 rings (SSSR count). The van der Waals surface area contributed by atoms with Crippen LogP contribution in [0.5, 0.6) is 34.5 Å². The van der Waals surface area contributed by atoms with Gasteiger partial charge >= 0.3 is 0 Å². The lowest BCUT2D eigenvalue weighted by atomic mass is 9.78. The van der Waals surface area contributed by atoms with E-state index in [1.54, 1.807) is 36.4 Å². The maximum Gasteiger partial charge on any atom is 0.152 e. The Bertz CT molecular complexity index is 2230. The highest BCUT2D eigenvalue weighted by Gasteiger charge is 2.29. The average Bonchev–Trinajstić information content (AvgIpc) is 3.18. The first-order chi connectivity index (χ1) is 28.1. The maximum absolute atomic E-state index is 9.85. The summed E-state index contributed by atoms with van der Waals surface area (Å²) in [6.07, 6.45) is 0. The zero-order valence-electron chi connectivity index (χ0n) is 33.0. The number of phenols is 6. The van der Waals surface area contributed by atoms with Gasteiger partial charge in [-0.25, -0.2) is 0 Å². The maximum atomic E-state index is 9.85. The van der Waals surface area contributed by atoms with E-state index in [2.05, 4.69) is 123 Å². The quantitative estimate of drug-likeness (QED) is 0.0988. The van der Waals surface area contributed by atoms with Crippen molar-refractivity contribution in [2.45, 2.75) is 57.8 Å². The Labute approximate surface area is 425 Å². The molecule has 6 aromatic carbocycles. The highest BCUT2D eigenvalue weighted by molar-refractivity contribution is 9.11. The van der Waals surface area contributed by atoms with Crippen LogP contribution in [0, 0.1) is 0 Å². The van der Waals surface area contributed by atoms with Gasteiger partial charge in [0, 0.05) is 16.2 Å². The monoisotopic (exact) mass is 1290 g/mol. The topological polar surface area (TPSA) is 121 Å². The number of rotatable bonds is 6. The second kappa shape index (κ2) is 20.6. The number of hydrogen-bond donors (Lipinski definition) is 6. The van der Waals surface area contributed by atoms with Crippen molar-refractivity contribution in [2.75, 3.05) is 0 Å². The molecule has 0 bridgehead atoms. The SMILES string of the molecule is CC(C)(c1cc(Br)c(O)c(Br)c1)c1cc(Br)c(O)c(Br)c1.CC(C)(c1cc(Cl)c(O)c(Cl)c1)c1cc(Cl)c(O)c(Cl)c1.CC(C)(c1ccc(O)c(Br)c1)c1ccc(O)c(Br)c1. The largest absolute Gasteiger partial charge is 0.507 e. The first kappa shape index (κ1) is 51.8. The molecule has 16 heteroatoms. The zero-order valence-corrected chi connectivity index (χ0v) is 45.6. The summed E-state index contributed by atoms with van der Waals surface area (Å²) in [4.78, 5) is 0. The molecule has 0 aliphatic carbocycles. The van der Waals surface area contributed by atoms with Gasteiger partial charge in [0.2, 0.25) is 0 Å².